The van der Waals surface area contributed by atoms with Crippen LogP contribution in [0.5, 0.6) is 5.75 Å². The van der Waals surface area contributed by atoms with Gasteiger partial charge in [-0.3, -0.25) is 0 Å². The molecule has 0 saturated heterocycles. The van der Waals surface area contributed by atoms with E-state index in [1.165, 1.54) is 16.7 Å². The summed E-state index contributed by atoms with van der Waals surface area (Å²) in [5, 5.41) is 0. The lowest BCUT2D eigenvalue weighted by Gasteiger charge is -2.16. The van der Waals surface area contributed by atoms with Crippen molar-refractivity contribution in [1.82, 2.24) is 9.97 Å². The Morgan fingerprint density at radius 3 is 2.16 bits per heavy atom. The van der Waals surface area contributed by atoms with Gasteiger partial charge in [-0.25, -0.2) is 9.97 Å². The molecule has 0 aliphatic carbocycles. The van der Waals surface area contributed by atoms with Crippen molar-refractivity contribution < 1.29 is 4.74 Å². The zero-order valence-corrected chi connectivity index (χ0v) is 12.5. The summed E-state index contributed by atoms with van der Waals surface area (Å²) in [5.41, 5.74) is 6.73. The predicted octanol–water partition coefficient (Wildman–Crippen LogP) is 3.69. The summed E-state index contributed by atoms with van der Waals surface area (Å²) in [6.45, 7) is 10.2. The van der Waals surface area contributed by atoms with Gasteiger partial charge in [0, 0.05) is 11.3 Å². The Labute approximate surface area is 114 Å². The molecule has 0 atom stereocenters. The van der Waals surface area contributed by atoms with Crippen LogP contribution >= 0.6 is 0 Å². The normalized spacial score (nSPS) is 10.6. The molecule has 3 nitrogen and oxygen atoms in total. The Morgan fingerprint density at radius 1 is 0.895 bits per heavy atom. The fourth-order valence-electron chi connectivity index (χ4n) is 2.50. The molecule has 1 heterocycles. The zero-order chi connectivity index (χ0) is 14.2. The van der Waals surface area contributed by atoms with E-state index < -0.39 is 0 Å². The molecule has 1 aromatic heterocycles. The van der Waals surface area contributed by atoms with Gasteiger partial charge in [0.25, 0.3) is 0 Å². The smallest absolute Gasteiger partial charge is 0.126 e. The fraction of sp³-hybridized carbons (Fsp3) is 0.375. The standard InChI is InChI=1S/C16H20N2O/c1-9-7-15(19-6)11(3)12(4)16(9)14-8-10(2)17-13(5)18-14/h7-8H,1-6H3. The molecule has 0 N–H and O–H groups in total. The molecule has 2 rings (SSSR count). The average Bonchev–Trinajstić information content (AvgIpc) is 2.32. The lowest BCUT2D eigenvalue weighted by atomic mass is 9.94. The Balaban J connectivity index is 2.72. The number of benzene rings is 1. The van der Waals surface area contributed by atoms with Gasteiger partial charge in [0.05, 0.1) is 12.8 Å². The summed E-state index contributed by atoms with van der Waals surface area (Å²) in [6, 6.07) is 4.11. The highest BCUT2D eigenvalue weighted by molar-refractivity contribution is 5.71. The van der Waals surface area contributed by atoms with Gasteiger partial charge < -0.3 is 4.74 Å². The van der Waals surface area contributed by atoms with Gasteiger partial charge in [-0.1, -0.05) is 0 Å². The summed E-state index contributed by atoms with van der Waals surface area (Å²) in [7, 11) is 1.71. The highest BCUT2D eigenvalue weighted by atomic mass is 16.5. The van der Waals surface area contributed by atoms with Crippen molar-refractivity contribution in [3.8, 4) is 17.0 Å². The number of methoxy groups -OCH3 is 1. The van der Waals surface area contributed by atoms with Gasteiger partial charge in [0.15, 0.2) is 0 Å². The molecule has 1 aromatic carbocycles. The van der Waals surface area contributed by atoms with Crippen molar-refractivity contribution in [2.24, 2.45) is 0 Å². The molecule has 0 bridgehead atoms. The summed E-state index contributed by atoms with van der Waals surface area (Å²) in [6.07, 6.45) is 0. The summed E-state index contributed by atoms with van der Waals surface area (Å²) in [4.78, 5) is 8.91. The van der Waals surface area contributed by atoms with Crippen LogP contribution in [0, 0.1) is 34.6 Å². The van der Waals surface area contributed by atoms with Gasteiger partial charge in [0.1, 0.15) is 11.6 Å². The molecule has 0 spiro atoms. The monoisotopic (exact) mass is 256 g/mol. The maximum atomic E-state index is 5.41. The second kappa shape index (κ2) is 5.00. The maximum Gasteiger partial charge on any atom is 0.126 e. The predicted molar refractivity (Wildman–Crippen MR) is 77.7 cm³/mol. The molecule has 0 unspecified atom stereocenters. The Hall–Kier alpha value is -1.90. The van der Waals surface area contributed by atoms with E-state index in [2.05, 4.69) is 36.8 Å². The molecule has 19 heavy (non-hydrogen) atoms. The highest BCUT2D eigenvalue weighted by Crippen LogP contribution is 2.33. The number of hydrogen-bond donors (Lipinski definition) is 0. The molecule has 0 amide bonds. The fourth-order valence-corrected chi connectivity index (χ4v) is 2.50. The van der Waals surface area contributed by atoms with Crippen LogP contribution in [0.25, 0.3) is 11.3 Å². The van der Waals surface area contributed by atoms with Crippen LogP contribution in [0.1, 0.15) is 28.2 Å². The first-order chi connectivity index (χ1) is 8.93. The Bertz CT molecular complexity index is 613. The summed E-state index contributed by atoms with van der Waals surface area (Å²) < 4.78 is 5.41. The number of aromatic nitrogens is 2. The van der Waals surface area contributed by atoms with Gasteiger partial charge in [-0.15, -0.1) is 0 Å². The van der Waals surface area contributed by atoms with Crippen molar-refractivity contribution in [3.05, 3.63) is 40.3 Å². The van der Waals surface area contributed by atoms with Crippen LogP contribution in [-0.4, -0.2) is 17.1 Å². The molecular weight excluding hydrogens is 236 g/mol. The number of aryl methyl sites for hydroxylation is 3. The minimum Gasteiger partial charge on any atom is -0.496 e. The summed E-state index contributed by atoms with van der Waals surface area (Å²) >= 11 is 0. The van der Waals surface area contributed by atoms with E-state index in [0.717, 1.165) is 28.5 Å². The van der Waals surface area contributed by atoms with E-state index >= 15 is 0 Å². The first kappa shape index (κ1) is 13.5. The van der Waals surface area contributed by atoms with Crippen LogP contribution in [0.15, 0.2) is 12.1 Å². The van der Waals surface area contributed by atoms with Crippen LogP contribution in [0.4, 0.5) is 0 Å². The Kier molecular flexibility index (Phi) is 3.56. The van der Waals surface area contributed by atoms with Crippen molar-refractivity contribution in [3.63, 3.8) is 0 Å². The van der Waals surface area contributed by atoms with Crippen LogP contribution < -0.4 is 4.74 Å². The number of rotatable bonds is 2. The first-order valence-corrected chi connectivity index (χ1v) is 6.41. The molecule has 0 aliphatic rings. The second-order valence-corrected chi connectivity index (χ2v) is 4.96. The molecular formula is C16H20N2O. The Morgan fingerprint density at radius 2 is 1.58 bits per heavy atom. The SMILES string of the molecule is COc1cc(C)c(-c2cc(C)nc(C)n2)c(C)c1C. The van der Waals surface area contributed by atoms with Gasteiger partial charge in [-0.05, 0) is 63.4 Å². The lowest BCUT2D eigenvalue weighted by molar-refractivity contribution is 0.411. The van der Waals surface area contributed by atoms with E-state index in [1.54, 1.807) is 7.11 Å². The minimum atomic E-state index is 0.808. The highest BCUT2D eigenvalue weighted by Gasteiger charge is 2.14. The second-order valence-electron chi connectivity index (χ2n) is 4.96. The van der Waals surface area contributed by atoms with Gasteiger partial charge in [0.2, 0.25) is 0 Å². The van der Waals surface area contributed by atoms with Crippen LogP contribution in [0.3, 0.4) is 0 Å². The average molecular weight is 256 g/mol. The van der Waals surface area contributed by atoms with Gasteiger partial charge >= 0.3 is 0 Å². The number of nitrogens with zero attached hydrogens (tertiary/aromatic N) is 2. The number of ether oxygens (including phenoxy) is 1. The molecule has 0 saturated carbocycles. The molecule has 0 radical (unpaired) electrons. The number of hydrogen-bond acceptors (Lipinski definition) is 3. The van der Waals surface area contributed by atoms with Crippen molar-refractivity contribution in [2.75, 3.05) is 7.11 Å². The van der Waals surface area contributed by atoms with Crippen molar-refractivity contribution in [2.45, 2.75) is 34.6 Å². The maximum absolute atomic E-state index is 5.41. The lowest BCUT2D eigenvalue weighted by Crippen LogP contribution is -2.00. The minimum absolute atomic E-state index is 0.808. The van der Waals surface area contributed by atoms with Crippen LogP contribution in [0.2, 0.25) is 0 Å². The van der Waals surface area contributed by atoms with E-state index in [0.29, 0.717) is 0 Å². The van der Waals surface area contributed by atoms with Crippen molar-refractivity contribution in [1.29, 1.82) is 0 Å². The molecule has 0 fully saturated rings. The molecule has 3 heteroatoms. The van der Waals surface area contributed by atoms with Gasteiger partial charge in [-0.2, -0.15) is 0 Å². The van der Waals surface area contributed by atoms with Crippen LogP contribution in [-0.2, 0) is 0 Å². The molecule has 0 aliphatic heterocycles. The molecule has 2 aromatic rings. The van der Waals surface area contributed by atoms with E-state index in [9.17, 15) is 0 Å². The third kappa shape index (κ3) is 2.46. The third-order valence-electron chi connectivity index (χ3n) is 3.49. The largest absolute Gasteiger partial charge is 0.496 e. The van der Waals surface area contributed by atoms with Crippen molar-refractivity contribution >= 4 is 0 Å². The quantitative estimate of drug-likeness (QED) is 0.822. The van der Waals surface area contributed by atoms with E-state index in [-0.39, 0.29) is 0 Å². The zero-order valence-electron chi connectivity index (χ0n) is 12.5. The third-order valence-corrected chi connectivity index (χ3v) is 3.49. The van der Waals surface area contributed by atoms with E-state index in [1.807, 2.05) is 19.9 Å². The molecule has 100 valence electrons. The van der Waals surface area contributed by atoms with E-state index in [4.69, 9.17) is 4.74 Å². The first-order valence-electron chi connectivity index (χ1n) is 6.41. The summed E-state index contributed by atoms with van der Waals surface area (Å²) in [5.74, 6) is 1.74. The topological polar surface area (TPSA) is 35.0 Å².